The van der Waals surface area contributed by atoms with E-state index in [1.165, 1.54) is 7.11 Å². The van der Waals surface area contributed by atoms with Crippen molar-refractivity contribution in [3.05, 3.63) is 46.2 Å². The molecular weight excluding hydrogens is 398 g/mol. The van der Waals surface area contributed by atoms with Crippen LogP contribution in [0, 0.1) is 18.8 Å². The van der Waals surface area contributed by atoms with Gasteiger partial charge in [-0.25, -0.2) is 4.79 Å². The number of furan rings is 1. The maximum atomic E-state index is 13.6. The van der Waals surface area contributed by atoms with Crippen LogP contribution in [0.15, 0.2) is 39.1 Å². The zero-order chi connectivity index (χ0) is 22.3. The predicted octanol–water partition coefficient (Wildman–Crippen LogP) is 3.69. The Morgan fingerprint density at radius 1 is 1.16 bits per heavy atom. The van der Waals surface area contributed by atoms with Crippen LogP contribution in [0.25, 0.3) is 0 Å². The van der Waals surface area contributed by atoms with Crippen molar-refractivity contribution in [2.24, 2.45) is 11.8 Å². The Bertz CT molecular complexity index is 978. The summed E-state index contributed by atoms with van der Waals surface area (Å²) < 4.78 is 16.6. The summed E-state index contributed by atoms with van der Waals surface area (Å²) in [5, 5.41) is 3.26. The zero-order valence-electron chi connectivity index (χ0n) is 18.4. The number of methoxy groups -OCH3 is 1. The first kappa shape index (κ1) is 21.4. The highest BCUT2D eigenvalue weighted by molar-refractivity contribution is 6.12. The SMILES string of the molecule is COC(=O)C1C(=O)C2=C(CC1C)NC(C)=C(C(=O)OC1CCCC1)C2c1ccc(C)o1. The second-order valence-corrected chi connectivity index (χ2v) is 8.80. The first-order valence-corrected chi connectivity index (χ1v) is 10.9. The fraction of sp³-hybridized carbons (Fsp3) is 0.542. The largest absolute Gasteiger partial charge is 0.468 e. The van der Waals surface area contributed by atoms with Gasteiger partial charge < -0.3 is 19.2 Å². The minimum absolute atomic E-state index is 0.105. The summed E-state index contributed by atoms with van der Waals surface area (Å²) in [6, 6.07) is 3.59. The lowest BCUT2D eigenvalue weighted by Gasteiger charge is -2.37. The summed E-state index contributed by atoms with van der Waals surface area (Å²) in [6.45, 7) is 5.49. The van der Waals surface area contributed by atoms with Gasteiger partial charge in [-0.15, -0.1) is 0 Å². The molecule has 2 aliphatic carbocycles. The first-order chi connectivity index (χ1) is 14.8. The summed E-state index contributed by atoms with van der Waals surface area (Å²) in [5.74, 6) is -1.99. The molecule has 3 aliphatic rings. The number of hydrogen-bond donors (Lipinski definition) is 1. The Labute approximate surface area is 181 Å². The number of allylic oxidation sites excluding steroid dienone is 3. The van der Waals surface area contributed by atoms with Gasteiger partial charge in [0.2, 0.25) is 0 Å². The minimum Gasteiger partial charge on any atom is -0.468 e. The number of carbonyl (C=O) groups is 3. The Morgan fingerprint density at radius 2 is 1.87 bits per heavy atom. The van der Waals surface area contributed by atoms with Gasteiger partial charge in [-0.05, 0) is 64.0 Å². The lowest BCUT2D eigenvalue weighted by atomic mass is 9.70. The number of Topliss-reactive ketones (excluding diaryl/α,β-unsaturated/α-hetero) is 1. The van der Waals surface area contributed by atoms with Gasteiger partial charge >= 0.3 is 11.9 Å². The number of ketones is 1. The lowest BCUT2D eigenvalue weighted by molar-refractivity contribution is -0.151. The van der Waals surface area contributed by atoms with Crippen LogP contribution in [0.4, 0.5) is 0 Å². The molecule has 0 aromatic carbocycles. The smallest absolute Gasteiger partial charge is 0.337 e. The number of carbonyl (C=O) groups excluding carboxylic acids is 3. The number of ether oxygens (including phenoxy) is 2. The van der Waals surface area contributed by atoms with Crippen LogP contribution in [0.3, 0.4) is 0 Å². The summed E-state index contributed by atoms with van der Waals surface area (Å²) in [6.07, 6.45) is 4.19. The molecule has 2 heterocycles. The second kappa shape index (κ2) is 8.36. The molecule has 1 aromatic rings. The van der Waals surface area contributed by atoms with Crippen LogP contribution >= 0.6 is 0 Å². The average molecular weight is 427 g/mol. The maximum Gasteiger partial charge on any atom is 0.337 e. The second-order valence-electron chi connectivity index (χ2n) is 8.80. The molecule has 1 fully saturated rings. The molecule has 3 atom stereocenters. The van der Waals surface area contributed by atoms with Gasteiger partial charge in [0.25, 0.3) is 0 Å². The molecule has 7 nitrogen and oxygen atoms in total. The van der Waals surface area contributed by atoms with Crippen LogP contribution in [0.1, 0.15) is 63.4 Å². The zero-order valence-corrected chi connectivity index (χ0v) is 18.4. The van der Waals surface area contributed by atoms with Gasteiger partial charge in [0.15, 0.2) is 5.78 Å². The molecule has 7 heteroatoms. The van der Waals surface area contributed by atoms with E-state index in [9.17, 15) is 14.4 Å². The molecule has 31 heavy (non-hydrogen) atoms. The highest BCUT2D eigenvalue weighted by atomic mass is 16.5. The fourth-order valence-electron chi connectivity index (χ4n) is 5.07. The first-order valence-electron chi connectivity index (χ1n) is 10.9. The Morgan fingerprint density at radius 3 is 2.48 bits per heavy atom. The molecule has 0 radical (unpaired) electrons. The van der Waals surface area contributed by atoms with Crippen molar-refractivity contribution in [1.29, 1.82) is 0 Å². The van der Waals surface area contributed by atoms with E-state index >= 15 is 0 Å². The van der Waals surface area contributed by atoms with Crippen LogP contribution in [-0.4, -0.2) is 30.9 Å². The predicted molar refractivity (Wildman–Crippen MR) is 112 cm³/mol. The molecule has 0 amide bonds. The van der Waals surface area contributed by atoms with Gasteiger partial charge in [-0.3, -0.25) is 9.59 Å². The normalized spacial score (nSPS) is 26.6. The number of hydrogen-bond acceptors (Lipinski definition) is 7. The summed E-state index contributed by atoms with van der Waals surface area (Å²) in [4.78, 5) is 39.3. The Balaban J connectivity index is 1.78. The quantitative estimate of drug-likeness (QED) is 0.578. The molecule has 166 valence electrons. The number of nitrogens with one attached hydrogen (secondary N) is 1. The summed E-state index contributed by atoms with van der Waals surface area (Å²) in [7, 11) is 1.28. The minimum atomic E-state index is -0.908. The van der Waals surface area contributed by atoms with E-state index in [0.717, 1.165) is 31.4 Å². The van der Waals surface area contributed by atoms with E-state index in [1.807, 2.05) is 20.8 Å². The van der Waals surface area contributed by atoms with Crippen molar-refractivity contribution in [3.63, 3.8) is 0 Å². The van der Waals surface area contributed by atoms with Crippen molar-refractivity contribution in [2.45, 2.75) is 64.9 Å². The standard InChI is InChI=1S/C24H29NO6/c1-12-11-16-20(22(26)18(12)23(27)29-4)21(17-10-9-13(2)30-17)19(14(3)25-16)24(28)31-15-7-5-6-8-15/h9-10,12,15,18,21,25H,5-8,11H2,1-4H3. The topological polar surface area (TPSA) is 94.8 Å². The molecular formula is C24H29NO6. The van der Waals surface area contributed by atoms with Gasteiger partial charge in [0.1, 0.15) is 23.5 Å². The molecule has 0 spiro atoms. The van der Waals surface area contributed by atoms with Crippen LogP contribution in [-0.2, 0) is 23.9 Å². The number of rotatable bonds is 4. The van der Waals surface area contributed by atoms with E-state index < -0.39 is 23.8 Å². The fourth-order valence-corrected chi connectivity index (χ4v) is 5.07. The van der Waals surface area contributed by atoms with E-state index in [4.69, 9.17) is 13.9 Å². The Kier molecular flexibility index (Phi) is 5.77. The molecule has 1 N–H and O–H groups in total. The van der Waals surface area contributed by atoms with Crippen molar-refractivity contribution in [1.82, 2.24) is 5.32 Å². The Hall–Kier alpha value is -2.83. The summed E-state index contributed by atoms with van der Waals surface area (Å²) in [5.41, 5.74) is 2.14. The molecule has 4 rings (SSSR count). The lowest BCUT2D eigenvalue weighted by Crippen LogP contribution is -2.43. The molecule has 1 saturated carbocycles. The van der Waals surface area contributed by atoms with Crippen LogP contribution in [0.2, 0.25) is 0 Å². The van der Waals surface area contributed by atoms with Crippen molar-refractivity contribution >= 4 is 17.7 Å². The van der Waals surface area contributed by atoms with Gasteiger partial charge in [0.05, 0.1) is 18.6 Å². The van der Waals surface area contributed by atoms with E-state index in [2.05, 4.69) is 5.32 Å². The molecule has 0 saturated heterocycles. The number of esters is 2. The van der Waals surface area contributed by atoms with Crippen molar-refractivity contribution in [2.75, 3.05) is 7.11 Å². The third kappa shape index (κ3) is 3.82. The average Bonchev–Trinajstić information content (AvgIpc) is 3.38. The van der Waals surface area contributed by atoms with E-state index in [1.54, 1.807) is 12.1 Å². The van der Waals surface area contributed by atoms with Crippen molar-refractivity contribution < 1.29 is 28.3 Å². The summed E-state index contributed by atoms with van der Waals surface area (Å²) >= 11 is 0. The van der Waals surface area contributed by atoms with Gasteiger partial charge in [-0.1, -0.05) is 6.92 Å². The maximum absolute atomic E-state index is 13.6. The molecule has 1 aromatic heterocycles. The van der Waals surface area contributed by atoms with Crippen LogP contribution < -0.4 is 5.32 Å². The third-order valence-electron chi connectivity index (χ3n) is 6.58. The highest BCUT2D eigenvalue weighted by Crippen LogP contribution is 2.46. The third-order valence-corrected chi connectivity index (χ3v) is 6.58. The van der Waals surface area contributed by atoms with Gasteiger partial charge in [-0.2, -0.15) is 0 Å². The van der Waals surface area contributed by atoms with E-state index in [-0.39, 0.29) is 17.8 Å². The molecule has 3 unspecified atom stereocenters. The van der Waals surface area contributed by atoms with Gasteiger partial charge in [0, 0.05) is 17.0 Å². The molecule has 1 aliphatic heterocycles. The molecule has 0 bridgehead atoms. The number of aryl methyl sites for hydroxylation is 1. The highest BCUT2D eigenvalue weighted by Gasteiger charge is 2.48. The number of dihydropyridines is 1. The van der Waals surface area contributed by atoms with Crippen LogP contribution in [0.5, 0.6) is 0 Å². The van der Waals surface area contributed by atoms with E-state index in [0.29, 0.717) is 34.8 Å². The van der Waals surface area contributed by atoms with Crippen molar-refractivity contribution in [3.8, 4) is 0 Å². The monoisotopic (exact) mass is 427 g/mol.